The van der Waals surface area contributed by atoms with Gasteiger partial charge < -0.3 is 10.2 Å². The van der Waals surface area contributed by atoms with E-state index in [4.69, 9.17) is 5.21 Å². The zero-order valence-corrected chi connectivity index (χ0v) is 8.51. The standard InChI is InChI=1S/C13H10N2O/c16-15-13-11-7-2-1-5-9(11)10-6-3-4-8-12(10)14-13/h1-8,16H,(H,14,15). The largest absolute Gasteiger partial charge is 0.409 e. The molecule has 0 saturated heterocycles. The van der Waals surface area contributed by atoms with E-state index < -0.39 is 0 Å². The van der Waals surface area contributed by atoms with Crippen LogP contribution in [0, 0.1) is 0 Å². The average molecular weight is 210 g/mol. The third kappa shape index (κ3) is 1.18. The van der Waals surface area contributed by atoms with Crippen LogP contribution in [0.4, 0.5) is 0 Å². The maximum Gasteiger partial charge on any atom is 0.177 e. The molecule has 3 heteroatoms. The second-order valence-corrected chi connectivity index (χ2v) is 3.66. The Bertz CT molecular complexity index is 728. The number of aromatic nitrogens is 1. The number of hydrogen-bond donors (Lipinski definition) is 2. The van der Waals surface area contributed by atoms with Crippen LogP contribution in [0.25, 0.3) is 21.7 Å². The Morgan fingerprint density at radius 3 is 2.19 bits per heavy atom. The van der Waals surface area contributed by atoms with Gasteiger partial charge in [0.15, 0.2) is 5.49 Å². The van der Waals surface area contributed by atoms with Crippen molar-refractivity contribution in [1.29, 1.82) is 0 Å². The predicted octanol–water partition coefficient (Wildman–Crippen LogP) is 2.61. The van der Waals surface area contributed by atoms with Gasteiger partial charge in [0.1, 0.15) is 0 Å². The molecule has 0 fully saturated rings. The van der Waals surface area contributed by atoms with Crippen LogP contribution in [-0.2, 0) is 0 Å². The first-order valence-corrected chi connectivity index (χ1v) is 5.08. The van der Waals surface area contributed by atoms with Crippen molar-refractivity contribution >= 4 is 21.7 Å². The van der Waals surface area contributed by atoms with Gasteiger partial charge in [0.05, 0.1) is 0 Å². The summed E-state index contributed by atoms with van der Waals surface area (Å²) in [7, 11) is 0. The van der Waals surface area contributed by atoms with Gasteiger partial charge in [-0.25, -0.2) is 0 Å². The lowest BCUT2D eigenvalue weighted by Gasteiger charge is -2.03. The van der Waals surface area contributed by atoms with Gasteiger partial charge in [-0.15, -0.1) is 0 Å². The molecular weight excluding hydrogens is 200 g/mol. The molecule has 0 unspecified atom stereocenters. The number of H-pyrrole nitrogens is 1. The molecule has 1 aromatic heterocycles. The fourth-order valence-electron chi connectivity index (χ4n) is 2.03. The van der Waals surface area contributed by atoms with Crippen LogP contribution in [0.15, 0.2) is 53.7 Å². The molecule has 3 nitrogen and oxygen atoms in total. The number of pyridine rings is 1. The van der Waals surface area contributed by atoms with Crippen LogP contribution in [0.5, 0.6) is 0 Å². The maximum atomic E-state index is 8.99. The molecular formula is C13H10N2O. The van der Waals surface area contributed by atoms with Gasteiger partial charge in [0.2, 0.25) is 0 Å². The fourth-order valence-corrected chi connectivity index (χ4v) is 2.03. The molecule has 3 aromatic rings. The van der Waals surface area contributed by atoms with Crippen LogP contribution < -0.4 is 5.49 Å². The molecule has 0 atom stereocenters. The Kier molecular flexibility index (Phi) is 1.90. The first-order valence-electron chi connectivity index (χ1n) is 5.08. The number of nitrogens with one attached hydrogen (secondary N) is 1. The summed E-state index contributed by atoms with van der Waals surface area (Å²) < 4.78 is 0. The Hall–Kier alpha value is -2.29. The summed E-state index contributed by atoms with van der Waals surface area (Å²) >= 11 is 0. The summed E-state index contributed by atoms with van der Waals surface area (Å²) in [5.41, 5.74) is 1.46. The molecule has 3 rings (SSSR count). The van der Waals surface area contributed by atoms with E-state index in [0.29, 0.717) is 5.49 Å². The number of aromatic amines is 1. The lowest BCUT2D eigenvalue weighted by atomic mass is 10.1. The third-order valence-electron chi connectivity index (χ3n) is 2.75. The smallest absolute Gasteiger partial charge is 0.177 e. The van der Waals surface area contributed by atoms with Crippen molar-refractivity contribution in [3.05, 3.63) is 54.0 Å². The van der Waals surface area contributed by atoms with Crippen molar-refractivity contribution in [3.63, 3.8) is 0 Å². The van der Waals surface area contributed by atoms with Crippen molar-refractivity contribution in [3.8, 4) is 0 Å². The number of nitrogens with zero attached hydrogens (tertiary/aromatic N) is 1. The predicted molar refractivity (Wildman–Crippen MR) is 63.2 cm³/mol. The molecule has 0 saturated carbocycles. The van der Waals surface area contributed by atoms with Gasteiger partial charge in [-0.3, -0.25) is 0 Å². The van der Waals surface area contributed by atoms with E-state index in [2.05, 4.69) is 16.2 Å². The topological polar surface area (TPSA) is 48.4 Å². The Morgan fingerprint density at radius 1 is 0.812 bits per heavy atom. The molecule has 0 aliphatic rings. The second kappa shape index (κ2) is 3.38. The molecule has 0 radical (unpaired) electrons. The molecule has 0 spiro atoms. The highest BCUT2D eigenvalue weighted by Gasteiger charge is 2.01. The summed E-state index contributed by atoms with van der Waals surface area (Å²) in [5.74, 6) is 0. The van der Waals surface area contributed by atoms with Crippen molar-refractivity contribution in [2.24, 2.45) is 5.16 Å². The Labute approximate surface area is 91.7 Å². The van der Waals surface area contributed by atoms with Crippen molar-refractivity contribution in [2.75, 3.05) is 0 Å². The van der Waals surface area contributed by atoms with E-state index in [1.165, 1.54) is 0 Å². The molecule has 0 amide bonds. The van der Waals surface area contributed by atoms with Crippen LogP contribution in [0.2, 0.25) is 0 Å². The second-order valence-electron chi connectivity index (χ2n) is 3.66. The molecule has 1 heterocycles. The number of benzene rings is 2. The minimum absolute atomic E-state index is 0.495. The minimum Gasteiger partial charge on any atom is -0.409 e. The summed E-state index contributed by atoms with van der Waals surface area (Å²) in [5, 5.41) is 15.4. The Balaban J connectivity index is 2.69. The summed E-state index contributed by atoms with van der Waals surface area (Å²) in [6.07, 6.45) is 0. The number of rotatable bonds is 0. The normalized spacial score (nSPS) is 12.4. The lowest BCUT2D eigenvalue weighted by Crippen LogP contribution is -2.08. The van der Waals surface area contributed by atoms with Gasteiger partial charge in [0, 0.05) is 16.3 Å². The van der Waals surface area contributed by atoms with E-state index in [1.807, 2.05) is 42.5 Å². The van der Waals surface area contributed by atoms with E-state index in [1.54, 1.807) is 0 Å². The molecule has 78 valence electrons. The van der Waals surface area contributed by atoms with Crippen LogP contribution in [0.1, 0.15) is 0 Å². The highest BCUT2D eigenvalue weighted by atomic mass is 16.4. The first kappa shape index (κ1) is 8.97. The SMILES string of the molecule is O/N=c1\[nH]c2ccccc2c2ccccc12. The fraction of sp³-hybridized carbons (Fsp3) is 0. The monoisotopic (exact) mass is 210 g/mol. The average Bonchev–Trinajstić information content (AvgIpc) is 2.38. The highest BCUT2D eigenvalue weighted by Crippen LogP contribution is 2.20. The quantitative estimate of drug-likeness (QED) is 0.334. The van der Waals surface area contributed by atoms with Gasteiger partial charge >= 0.3 is 0 Å². The molecule has 0 bridgehead atoms. The molecule has 0 aliphatic heterocycles. The van der Waals surface area contributed by atoms with Crippen molar-refractivity contribution < 1.29 is 5.21 Å². The number of fused-ring (bicyclic) bond motifs is 3. The molecule has 16 heavy (non-hydrogen) atoms. The van der Waals surface area contributed by atoms with Crippen LogP contribution >= 0.6 is 0 Å². The summed E-state index contributed by atoms with van der Waals surface area (Å²) in [4.78, 5) is 3.10. The number of para-hydroxylation sites is 1. The van der Waals surface area contributed by atoms with Gasteiger partial charge in [-0.1, -0.05) is 47.6 Å². The molecule has 2 N–H and O–H groups in total. The zero-order chi connectivity index (χ0) is 11.0. The summed E-state index contributed by atoms with van der Waals surface area (Å²) in [6.45, 7) is 0. The lowest BCUT2D eigenvalue weighted by molar-refractivity contribution is 0.300. The third-order valence-corrected chi connectivity index (χ3v) is 2.75. The van der Waals surface area contributed by atoms with Crippen LogP contribution in [0.3, 0.4) is 0 Å². The van der Waals surface area contributed by atoms with E-state index in [9.17, 15) is 0 Å². The van der Waals surface area contributed by atoms with E-state index >= 15 is 0 Å². The van der Waals surface area contributed by atoms with Crippen molar-refractivity contribution in [2.45, 2.75) is 0 Å². The summed E-state index contributed by atoms with van der Waals surface area (Å²) in [6, 6.07) is 15.8. The maximum absolute atomic E-state index is 8.99. The molecule has 2 aromatic carbocycles. The van der Waals surface area contributed by atoms with Gasteiger partial charge in [-0.05, 0) is 11.5 Å². The highest BCUT2D eigenvalue weighted by molar-refractivity contribution is 6.04. The van der Waals surface area contributed by atoms with E-state index in [-0.39, 0.29) is 0 Å². The molecule has 0 aliphatic carbocycles. The zero-order valence-electron chi connectivity index (χ0n) is 8.51. The van der Waals surface area contributed by atoms with E-state index in [0.717, 1.165) is 21.7 Å². The first-order chi connectivity index (χ1) is 7.90. The van der Waals surface area contributed by atoms with Crippen LogP contribution in [-0.4, -0.2) is 10.2 Å². The minimum atomic E-state index is 0.495. The Morgan fingerprint density at radius 2 is 1.44 bits per heavy atom. The van der Waals surface area contributed by atoms with Gasteiger partial charge in [-0.2, -0.15) is 0 Å². The number of hydrogen-bond acceptors (Lipinski definition) is 2. The van der Waals surface area contributed by atoms with Gasteiger partial charge in [0.25, 0.3) is 0 Å². The van der Waals surface area contributed by atoms with Crippen molar-refractivity contribution in [1.82, 2.24) is 4.98 Å².